The van der Waals surface area contributed by atoms with Crippen molar-refractivity contribution in [3.8, 4) is 11.8 Å². The van der Waals surface area contributed by atoms with E-state index < -0.39 is 4.92 Å². The van der Waals surface area contributed by atoms with E-state index in [9.17, 15) is 15.2 Å². The number of phenolic OH excluding ortho intramolecular Hbond substituents is 1. The normalized spacial score (nSPS) is 10.6. The van der Waals surface area contributed by atoms with E-state index in [1.54, 1.807) is 12.1 Å². The Morgan fingerprint density at radius 3 is 2.52 bits per heavy atom. The van der Waals surface area contributed by atoms with Gasteiger partial charge in [0.25, 0.3) is 5.69 Å². The van der Waals surface area contributed by atoms with Crippen molar-refractivity contribution in [2.45, 2.75) is 13.3 Å². The zero-order valence-corrected chi connectivity index (χ0v) is 13.7. The molecule has 2 rings (SSSR count). The molecular weight excluding hydrogens is 322 g/mol. The molecule has 128 valence electrons. The van der Waals surface area contributed by atoms with Crippen molar-refractivity contribution >= 4 is 22.7 Å². The highest BCUT2D eigenvalue weighted by Gasteiger charge is 2.09. The average Bonchev–Trinajstić information content (AvgIpc) is 2.62. The van der Waals surface area contributed by atoms with Crippen molar-refractivity contribution in [3.63, 3.8) is 0 Å². The maximum Gasteiger partial charge on any atom is 0.273 e. The molecule has 0 atom stereocenters. The highest BCUT2D eigenvalue weighted by Crippen LogP contribution is 2.31. The molecule has 25 heavy (non-hydrogen) atoms. The molecule has 0 bridgehead atoms. The van der Waals surface area contributed by atoms with Gasteiger partial charge in [0.05, 0.1) is 29.2 Å². The molecule has 0 saturated heterocycles. The minimum Gasteiger partial charge on any atom is -0.505 e. The monoisotopic (exact) mass is 339 g/mol. The molecule has 0 aromatic heterocycles. The molecule has 0 aliphatic heterocycles. The van der Waals surface area contributed by atoms with E-state index in [1.807, 2.05) is 19.1 Å². The number of non-ortho nitro benzene ring substituents is 1. The third kappa shape index (κ3) is 4.75. The number of nitrogens with zero attached hydrogens (tertiary/aromatic N) is 5. The predicted molar refractivity (Wildman–Crippen MR) is 93.5 cm³/mol. The van der Waals surface area contributed by atoms with Gasteiger partial charge in [0.1, 0.15) is 11.4 Å². The summed E-state index contributed by atoms with van der Waals surface area (Å²) in [6, 6.07) is 13.1. The Kier molecular flexibility index (Phi) is 6.01. The van der Waals surface area contributed by atoms with Crippen molar-refractivity contribution in [2.24, 2.45) is 10.2 Å². The largest absolute Gasteiger partial charge is 0.505 e. The van der Waals surface area contributed by atoms with Gasteiger partial charge >= 0.3 is 0 Å². The van der Waals surface area contributed by atoms with Gasteiger partial charge in [-0.1, -0.05) is 0 Å². The SMILES string of the molecule is CCN(CCC#N)c1ccc(/N=N/c2ccc([N+](=O)[O-])cc2O)cc1. The van der Waals surface area contributed by atoms with Gasteiger partial charge in [0.2, 0.25) is 0 Å². The van der Waals surface area contributed by atoms with Crippen LogP contribution in [0.3, 0.4) is 0 Å². The summed E-state index contributed by atoms with van der Waals surface area (Å²) in [6.45, 7) is 3.46. The Morgan fingerprint density at radius 1 is 1.24 bits per heavy atom. The van der Waals surface area contributed by atoms with Crippen LogP contribution >= 0.6 is 0 Å². The Labute approximate surface area is 144 Å². The molecule has 8 nitrogen and oxygen atoms in total. The van der Waals surface area contributed by atoms with E-state index in [2.05, 4.69) is 21.2 Å². The summed E-state index contributed by atoms with van der Waals surface area (Å²) in [6.07, 6.45) is 0.453. The van der Waals surface area contributed by atoms with E-state index in [0.717, 1.165) is 18.3 Å². The van der Waals surface area contributed by atoms with Gasteiger partial charge in [-0.2, -0.15) is 10.4 Å². The molecule has 1 N–H and O–H groups in total. The standard InChI is InChI=1S/C17H17N5O3/c1-2-21(11-3-10-18)14-6-4-13(5-7-14)19-20-16-9-8-15(22(24)25)12-17(16)23/h4-9,12,23H,2-3,11H2,1H3/b20-19+. The first-order chi connectivity index (χ1) is 12.0. The van der Waals surface area contributed by atoms with E-state index in [0.29, 0.717) is 18.7 Å². The third-order valence-electron chi connectivity index (χ3n) is 3.53. The fourth-order valence-corrected chi connectivity index (χ4v) is 2.21. The number of phenols is 1. The summed E-state index contributed by atoms with van der Waals surface area (Å²) in [7, 11) is 0. The molecule has 8 heteroatoms. The first kappa shape index (κ1) is 17.9. The van der Waals surface area contributed by atoms with E-state index >= 15 is 0 Å². The minimum absolute atomic E-state index is 0.152. The van der Waals surface area contributed by atoms with Crippen molar-refractivity contribution in [2.75, 3.05) is 18.0 Å². The lowest BCUT2D eigenvalue weighted by Gasteiger charge is -2.21. The van der Waals surface area contributed by atoms with Crippen LogP contribution in [0.15, 0.2) is 52.7 Å². The summed E-state index contributed by atoms with van der Waals surface area (Å²) in [4.78, 5) is 12.1. The zero-order valence-electron chi connectivity index (χ0n) is 13.7. The number of benzene rings is 2. The van der Waals surface area contributed by atoms with Gasteiger partial charge in [-0.15, -0.1) is 5.11 Å². The second kappa shape index (κ2) is 8.40. The fourth-order valence-electron chi connectivity index (χ4n) is 2.21. The Morgan fingerprint density at radius 2 is 1.96 bits per heavy atom. The van der Waals surface area contributed by atoms with Gasteiger partial charge in [-0.25, -0.2) is 0 Å². The molecule has 0 saturated carbocycles. The maximum absolute atomic E-state index is 10.6. The van der Waals surface area contributed by atoms with Gasteiger partial charge in [-0.05, 0) is 37.3 Å². The lowest BCUT2D eigenvalue weighted by atomic mass is 10.2. The first-order valence-electron chi connectivity index (χ1n) is 7.66. The number of anilines is 1. The number of nitriles is 1. The summed E-state index contributed by atoms with van der Waals surface area (Å²) in [5.41, 5.74) is 1.50. The number of hydrogen-bond donors (Lipinski definition) is 1. The van der Waals surface area contributed by atoms with Crippen LogP contribution in [0.5, 0.6) is 5.75 Å². The maximum atomic E-state index is 10.6. The molecule has 0 amide bonds. The lowest BCUT2D eigenvalue weighted by molar-refractivity contribution is -0.384. The average molecular weight is 339 g/mol. The van der Waals surface area contributed by atoms with Crippen molar-refractivity contribution in [3.05, 3.63) is 52.6 Å². The molecule has 2 aromatic rings. The molecule has 0 radical (unpaired) electrons. The summed E-state index contributed by atoms with van der Waals surface area (Å²) >= 11 is 0. The zero-order chi connectivity index (χ0) is 18.2. The van der Waals surface area contributed by atoms with Crippen LogP contribution in [0.25, 0.3) is 0 Å². The van der Waals surface area contributed by atoms with E-state index in [1.165, 1.54) is 12.1 Å². The molecular formula is C17H17N5O3. The van der Waals surface area contributed by atoms with Crippen molar-refractivity contribution in [1.29, 1.82) is 5.26 Å². The van der Waals surface area contributed by atoms with E-state index in [-0.39, 0.29) is 17.1 Å². The minimum atomic E-state index is -0.592. The molecule has 0 aliphatic carbocycles. The fraction of sp³-hybridized carbons (Fsp3) is 0.235. The first-order valence-corrected chi connectivity index (χ1v) is 7.66. The summed E-state index contributed by atoms with van der Waals surface area (Å²) < 4.78 is 0. The number of rotatable bonds is 7. The van der Waals surface area contributed by atoms with Gasteiger partial charge in [0, 0.05) is 24.8 Å². The molecule has 0 unspecified atom stereocenters. The van der Waals surface area contributed by atoms with Crippen LogP contribution in [0, 0.1) is 21.4 Å². The number of nitro groups is 1. The van der Waals surface area contributed by atoms with Crippen molar-refractivity contribution in [1.82, 2.24) is 0 Å². The van der Waals surface area contributed by atoms with Crippen LogP contribution < -0.4 is 4.90 Å². The van der Waals surface area contributed by atoms with Gasteiger partial charge in [-0.3, -0.25) is 10.1 Å². The lowest BCUT2D eigenvalue weighted by Crippen LogP contribution is -2.23. The summed E-state index contributed by atoms with van der Waals surface area (Å²) in [5, 5.41) is 37.0. The quantitative estimate of drug-likeness (QED) is 0.454. The number of aromatic hydroxyl groups is 1. The topological polar surface area (TPSA) is 115 Å². The number of hydrogen-bond acceptors (Lipinski definition) is 7. The molecule has 0 aliphatic rings. The van der Waals surface area contributed by atoms with Crippen molar-refractivity contribution < 1.29 is 10.0 Å². The van der Waals surface area contributed by atoms with Crippen LogP contribution in [-0.4, -0.2) is 23.1 Å². The number of nitro benzene ring substituents is 1. The molecule has 2 aromatic carbocycles. The Hall–Kier alpha value is -3.47. The highest BCUT2D eigenvalue weighted by molar-refractivity contribution is 5.57. The smallest absolute Gasteiger partial charge is 0.273 e. The van der Waals surface area contributed by atoms with Crippen LogP contribution in [-0.2, 0) is 0 Å². The highest BCUT2D eigenvalue weighted by atomic mass is 16.6. The van der Waals surface area contributed by atoms with Gasteiger partial charge < -0.3 is 10.0 Å². The molecule has 0 heterocycles. The number of azo groups is 1. The second-order valence-corrected chi connectivity index (χ2v) is 5.13. The Bertz CT molecular complexity index is 812. The molecule has 0 spiro atoms. The summed E-state index contributed by atoms with van der Waals surface area (Å²) in [5.74, 6) is -0.303. The van der Waals surface area contributed by atoms with E-state index in [4.69, 9.17) is 5.26 Å². The van der Waals surface area contributed by atoms with Crippen LogP contribution in [0.4, 0.5) is 22.7 Å². The predicted octanol–water partition coefficient (Wildman–Crippen LogP) is 4.46. The van der Waals surface area contributed by atoms with Crippen LogP contribution in [0.1, 0.15) is 13.3 Å². The third-order valence-corrected chi connectivity index (χ3v) is 3.53. The van der Waals surface area contributed by atoms with Gasteiger partial charge in [0.15, 0.2) is 0 Å². The molecule has 0 fully saturated rings. The Balaban J connectivity index is 2.12. The van der Waals surface area contributed by atoms with Crippen LogP contribution in [0.2, 0.25) is 0 Å². The second-order valence-electron chi connectivity index (χ2n) is 5.13.